The van der Waals surface area contributed by atoms with Crippen LogP contribution in [0.3, 0.4) is 0 Å². The van der Waals surface area contributed by atoms with E-state index in [4.69, 9.17) is 0 Å². The van der Waals surface area contributed by atoms with Gasteiger partial charge in [0.1, 0.15) is 6.33 Å². The number of aromatic nitrogens is 3. The molecule has 0 aliphatic heterocycles. The second-order valence-corrected chi connectivity index (χ2v) is 5.16. The molecule has 110 valence electrons. The topological polar surface area (TPSA) is 109 Å². The average molecular weight is 281 g/mol. The smallest absolute Gasteiger partial charge is 0.321 e. The number of anilines is 1. The van der Waals surface area contributed by atoms with Crippen molar-refractivity contribution in [2.45, 2.75) is 32.1 Å². The maximum atomic E-state index is 11.8. The number of urea groups is 1. The summed E-state index contributed by atoms with van der Waals surface area (Å²) in [6, 6.07) is -0.465. The highest BCUT2D eigenvalue weighted by atomic mass is 16.4. The molecule has 0 bridgehead atoms. The van der Waals surface area contributed by atoms with Gasteiger partial charge in [-0.3, -0.25) is 10.1 Å². The van der Waals surface area contributed by atoms with E-state index in [9.17, 15) is 14.7 Å². The first-order chi connectivity index (χ1) is 9.53. The molecule has 1 aliphatic rings. The zero-order valence-electron chi connectivity index (χ0n) is 11.4. The van der Waals surface area contributed by atoms with Crippen LogP contribution in [0.1, 0.15) is 32.1 Å². The molecule has 0 saturated heterocycles. The predicted octanol–water partition coefficient (Wildman–Crippen LogP) is 0.972. The Morgan fingerprint density at radius 2 is 2.10 bits per heavy atom. The Morgan fingerprint density at radius 1 is 1.40 bits per heavy atom. The van der Waals surface area contributed by atoms with Crippen LogP contribution in [0, 0.1) is 5.41 Å². The van der Waals surface area contributed by atoms with E-state index in [-0.39, 0.29) is 6.54 Å². The minimum Gasteiger partial charge on any atom is -0.481 e. The van der Waals surface area contributed by atoms with E-state index in [0.717, 1.165) is 19.3 Å². The molecule has 1 aliphatic carbocycles. The molecule has 0 unspecified atom stereocenters. The van der Waals surface area contributed by atoms with Crippen LogP contribution in [0.15, 0.2) is 6.33 Å². The first-order valence-electron chi connectivity index (χ1n) is 6.66. The number of rotatable bonds is 4. The van der Waals surface area contributed by atoms with E-state index >= 15 is 0 Å². The third-order valence-electron chi connectivity index (χ3n) is 3.79. The van der Waals surface area contributed by atoms with E-state index in [1.807, 2.05) is 0 Å². The van der Waals surface area contributed by atoms with Gasteiger partial charge in [0, 0.05) is 13.6 Å². The molecule has 1 aromatic heterocycles. The van der Waals surface area contributed by atoms with Gasteiger partial charge in [-0.25, -0.2) is 9.48 Å². The van der Waals surface area contributed by atoms with Gasteiger partial charge >= 0.3 is 12.0 Å². The second kappa shape index (κ2) is 5.89. The second-order valence-electron chi connectivity index (χ2n) is 5.16. The van der Waals surface area contributed by atoms with Crippen molar-refractivity contribution in [3.05, 3.63) is 6.33 Å². The molecule has 8 heteroatoms. The van der Waals surface area contributed by atoms with Crippen LogP contribution in [0.5, 0.6) is 0 Å². The number of carboxylic acids is 1. The molecule has 1 fully saturated rings. The summed E-state index contributed by atoms with van der Waals surface area (Å²) in [6.07, 6.45) is 5.37. The Labute approximate surface area is 116 Å². The quantitative estimate of drug-likeness (QED) is 0.762. The third kappa shape index (κ3) is 3.06. The molecule has 2 rings (SSSR count). The van der Waals surface area contributed by atoms with E-state index in [0.29, 0.717) is 18.8 Å². The zero-order valence-corrected chi connectivity index (χ0v) is 11.4. The summed E-state index contributed by atoms with van der Waals surface area (Å²) < 4.78 is 1.42. The van der Waals surface area contributed by atoms with Crippen LogP contribution < -0.4 is 10.6 Å². The van der Waals surface area contributed by atoms with E-state index in [1.54, 1.807) is 7.05 Å². The van der Waals surface area contributed by atoms with E-state index < -0.39 is 17.4 Å². The molecule has 8 nitrogen and oxygen atoms in total. The summed E-state index contributed by atoms with van der Waals surface area (Å²) in [7, 11) is 1.66. The number of aryl methyl sites for hydroxylation is 1. The number of hydrogen-bond donors (Lipinski definition) is 3. The number of aliphatic carboxylic acids is 1. The fourth-order valence-electron chi connectivity index (χ4n) is 2.50. The van der Waals surface area contributed by atoms with Crippen molar-refractivity contribution in [3.8, 4) is 0 Å². The summed E-state index contributed by atoms with van der Waals surface area (Å²) >= 11 is 0. The lowest BCUT2D eigenvalue weighted by atomic mass is 9.74. The minimum atomic E-state index is -0.838. The van der Waals surface area contributed by atoms with Gasteiger partial charge in [0.25, 0.3) is 0 Å². The monoisotopic (exact) mass is 281 g/mol. The first-order valence-corrected chi connectivity index (χ1v) is 6.66. The van der Waals surface area contributed by atoms with Crippen LogP contribution in [0.25, 0.3) is 0 Å². The van der Waals surface area contributed by atoms with Crippen LogP contribution in [0.4, 0.5) is 10.7 Å². The van der Waals surface area contributed by atoms with Crippen LogP contribution in [-0.2, 0) is 11.8 Å². The van der Waals surface area contributed by atoms with E-state index in [2.05, 4.69) is 20.7 Å². The highest BCUT2D eigenvalue weighted by Gasteiger charge is 2.39. The van der Waals surface area contributed by atoms with Crippen molar-refractivity contribution in [2.75, 3.05) is 11.9 Å². The number of nitrogens with one attached hydrogen (secondary N) is 2. The van der Waals surface area contributed by atoms with Gasteiger partial charge in [-0.05, 0) is 12.8 Å². The van der Waals surface area contributed by atoms with Crippen molar-refractivity contribution in [3.63, 3.8) is 0 Å². The summed E-state index contributed by atoms with van der Waals surface area (Å²) in [4.78, 5) is 27.1. The van der Waals surface area contributed by atoms with Gasteiger partial charge in [0.15, 0.2) is 0 Å². The zero-order chi connectivity index (χ0) is 14.6. The highest BCUT2D eigenvalue weighted by Crippen LogP contribution is 2.35. The molecule has 1 aromatic rings. The lowest BCUT2D eigenvalue weighted by molar-refractivity contribution is -0.150. The highest BCUT2D eigenvalue weighted by molar-refractivity contribution is 5.88. The van der Waals surface area contributed by atoms with Crippen molar-refractivity contribution < 1.29 is 14.7 Å². The van der Waals surface area contributed by atoms with Gasteiger partial charge in [-0.1, -0.05) is 19.3 Å². The van der Waals surface area contributed by atoms with Gasteiger partial charge in [0.2, 0.25) is 5.95 Å². The van der Waals surface area contributed by atoms with Gasteiger partial charge < -0.3 is 10.4 Å². The normalized spacial score (nSPS) is 17.4. The Hall–Kier alpha value is -2.12. The van der Waals surface area contributed by atoms with E-state index in [1.165, 1.54) is 11.0 Å². The summed E-state index contributed by atoms with van der Waals surface area (Å²) in [5.41, 5.74) is -0.838. The Balaban J connectivity index is 1.91. The fraction of sp³-hybridized carbons (Fsp3) is 0.667. The average Bonchev–Trinajstić information content (AvgIpc) is 2.83. The molecule has 20 heavy (non-hydrogen) atoms. The lowest BCUT2D eigenvalue weighted by Gasteiger charge is -2.33. The summed E-state index contributed by atoms with van der Waals surface area (Å²) in [5.74, 6) is -0.522. The lowest BCUT2D eigenvalue weighted by Crippen LogP contribution is -2.45. The van der Waals surface area contributed by atoms with Crippen molar-refractivity contribution in [1.29, 1.82) is 0 Å². The van der Waals surface area contributed by atoms with Crippen LogP contribution in [-0.4, -0.2) is 38.4 Å². The van der Waals surface area contributed by atoms with Gasteiger partial charge in [0.05, 0.1) is 5.41 Å². The number of carbonyl (C=O) groups is 2. The van der Waals surface area contributed by atoms with Crippen molar-refractivity contribution in [2.24, 2.45) is 12.5 Å². The molecule has 1 saturated carbocycles. The molecule has 0 atom stereocenters. The summed E-state index contributed by atoms with van der Waals surface area (Å²) in [5, 5.41) is 18.4. The fourth-order valence-corrected chi connectivity index (χ4v) is 2.50. The first kappa shape index (κ1) is 14.3. The molecule has 0 radical (unpaired) electrons. The number of hydrogen-bond acceptors (Lipinski definition) is 4. The van der Waals surface area contributed by atoms with Crippen LogP contribution in [0.2, 0.25) is 0 Å². The molecule has 1 heterocycles. The number of carboxylic acid groups (broad SMARTS) is 1. The van der Waals surface area contributed by atoms with Crippen LogP contribution >= 0.6 is 0 Å². The summed E-state index contributed by atoms with van der Waals surface area (Å²) in [6.45, 7) is 0.131. The third-order valence-corrected chi connectivity index (χ3v) is 3.79. The number of amides is 2. The predicted molar refractivity (Wildman–Crippen MR) is 71.2 cm³/mol. The molecule has 2 amide bonds. The standard InChI is InChI=1S/C12H19N5O3/c1-17-10(14-8-15-17)16-11(20)13-7-12(9(18)19)5-3-2-4-6-12/h8H,2-7H2,1H3,(H,18,19)(H2,13,14,15,16,20). The maximum Gasteiger partial charge on any atom is 0.321 e. The maximum absolute atomic E-state index is 11.8. The van der Waals surface area contributed by atoms with Crippen molar-refractivity contribution >= 4 is 17.9 Å². The van der Waals surface area contributed by atoms with Crippen molar-refractivity contribution in [1.82, 2.24) is 20.1 Å². The minimum absolute atomic E-state index is 0.131. The molecule has 0 aromatic carbocycles. The molecular weight excluding hydrogens is 262 g/mol. The number of carbonyl (C=O) groups excluding carboxylic acids is 1. The van der Waals surface area contributed by atoms with Gasteiger partial charge in [-0.2, -0.15) is 10.1 Å². The van der Waals surface area contributed by atoms with Gasteiger partial charge in [-0.15, -0.1) is 0 Å². The Morgan fingerprint density at radius 3 is 2.65 bits per heavy atom. The SMILES string of the molecule is Cn1ncnc1NC(=O)NCC1(C(=O)O)CCCCC1. The number of nitrogens with zero attached hydrogens (tertiary/aromatic N) is 3. The Bertz CT molecular complexity index is 493. The Kier molecular flexibility index (Phi) is 4.21. The largest absolute Gasteiger partial charge is 0.481 e. The molecule has 0 spiro atoms. The molecule has 3 N–H and O–H groups in total. The molecular formula is C12H19N5O3.